The first-order chi connectivity index (χ1) is 8.61. The fourth-order valence-corrected chi connectivity index (χ4v) is 2.80. The monoisotopic (exact) mass is 302 g/mol. The summed E-state index contributed by atoms with van der Waals surface area (Å²) in [5.41, 5.74) is 4.59. The van der Waals surface area contributed by atoms with Gasteiger partial charge in [-0.2, -0.15) is 0 Å². The third-order valence-corrected chi connectivity index (χ3v) is 4.18. The van der Waals surface area contributed by atoms with Crippen LogP contribution in [0.4, 0.5) is 0 Å². The Morgan fingerprint density at radius 3 is 2.83 bits per heavy atom. The van der Waals surface area contributed by atoms with Gasteiger partial charge in [-0.25, -0.2) is 0 Å². The van der Waals surface area contributed by atoms with Gasteiger partial charge in [-0.05, 0) is 48.6 Å². The van der Waals surface area contributed by atoms with E-state index in [1.807, 2.05) is 13.0 Å². The number of aromatic nitrogens is 2. The van der Waals surface area contributed by atoms with Crippen molar-refractivity contribution < 1.29 is 0 Å². The van der Waals surface area contributed by atoms with E-state index in [0.29, 0.717) is 16.5 Å². The van der Waals surface area contributed by atoms with E-state index in [-0.39, 0.29) is 6.04 Å². The van der Waals surface area contributed by atoms with Crippen LogP contribution in [0.5, 0.6) is 0 Å². The lowest BCUT2D eigenvalue weighted by atomic mass is 10.0. The maximum Gasteiger partial charge on any atom is 0.0773 e. The van der Waals surface area contributed by atoms with E-state index in [4.69, 9.17) is 29.0 Å². The third kappa shape index (κ3) is 2.99. The van der Waals surface area contributed by atoms with Gasteiger partial charge in [0.25, 0.3) is 0 Å². The molecule has 0 spiro atoms. The molecule has 1 unspecified atom stereocenters. The van der Waals surface area contributed by atoms with Gasteiger partial charge in [0.2, 0.25) is 0 Å². The quantitative estimate of drug-likeness (QED) is 0.673. The maximum atomic E-state index is 6.14. The van der Waals surface area contributed by atoms with Crippen LogP contribution in [0.25, 0.3) is 0 Å². The van der Waals surface area contributed by atoms with E-state index in [1.165, 1.54) is 11.5 Å². The Labute approximate surface area is 119 Å². The highest BCUT2D eigenvalue weighted by molar-refractivity contribution is 7.05. The first kappa shape index (κ1) is 13.7. The van der Waals surface area contributed by atoms with Crippen molar-refractivity contribution in [2.75, 3.05) is 0 Å². The number of hydrazine groups is 1. The molecule has 7 heteroatoms. The Hall–Kier alpha value is -0.720. The molecule has 0 bridgehead atoms. The Morgan fingerprint density at radius 2 is 2.22 bits per heavy atom. The zero-order valence-electron chi connectivity index (χ0n) is 9.65. The highest BCUT2D eigenvalue weighted by Crippen LogP contribution is 2.28. The van der Waals surface area contributed by atoms with Gasteiger partial charge in [-0.1, -0.05) is 27.7 Å². The highest BCUT2D eigenvalue weighted by atomic mass is 35.5. The number of nitrogens with zero attached hydrogens (tertiary/aromatic N) is 2. The van der Waals surface area contributed by atoms with Gasteiger partial charge in [0.1, 0.15) is 0 Å². The fraction of sp³-hybridized carbons (Fsp3) is 0.273. The first-order valence-corrected chi connectivity index (χ1v) is 6.83. The number of hydrogen-bond acceptors (Lipinski definition) is 5. The smallest absolute Gasteiger partial charge is 0.0773 e. The predicted octanol–water partition coefficient (Wildman–Crippen LogP) is 2.90. The molecule has 0 saturated carbocycles. The zero-order chi connectivity index (χ0) is 13.1. The molecule has 18 heavy (non-hydrogen) atoms. The second kappa shape index (κ2) is 5.95. The van der Waals surface area contributed by atoms with E-state index in [2.05, 4.69) is 15.0 Å². The average molecular weight is 303 g/mol. The Bertz CT molecular complexity index is 544. The van der Waals surface area contributed by atoms with Crippen molar-refractivity contribution in [2.45, 2.75) is 19.4 Å². The van der Waals surface area contributed by atoms with Crippen LogP contribution < -0.4 is 11.3 Å². The Morgan fingerprint density at radius 1 is 1.44 bits per heavy atom. The third-order valence-electron chi connectivity index (χ3n) is 2.64. The van der Waals surface area contributed by atoms with Crippen LogP contribution in [0, 0.1) is 6.92 Å². The van der Waals surface area contributed by atoms with Crippen molar-refractivity contribution in [2.24, 2.45) is 5.84 Å². The summed E-state index contributed by atoms with van der Waals surface area (Å²) >= 11 is 13.4. The van der Waals surface area contributed by atoms with Crippen LogP contribution in [0.15, 0.2) is 18.2 Å². The number of aryl methyl sites for hydroxylation is 1. The molecule has 1 aromatic heterocycles. The molecular weight excluding hydrogens is 291 g/mol. The molecule has 1 aromatic carbocycles. The number of nitrogens with two attached hydrogens (primary N) is 1. The van der Waals surface area contributed by atoms with Crippen molar-refractivity contribution in [3.63, 3.8) is 0 Å². The molecule has 0 saturated heterocycles. The van der Waals surface area contributed by atoms with Gasteiger partial charge in [0, 0.05) is 10.0 Å². The summed E-state index contributed by atoms with van der Waals surface area (Å²) in [7, 11) is 0. The molecule has 0 aliphatic rings. The van der Waals surface area contributed by atoms with Crippen molar-refractivity contribution in [3.05, 3.63) is 44.4 Å². The summed E-state index contributed by atoms with van der Waals surface area (Å²) in [6.07, 6.45) is 0.639. The second-order valence-electron chi connectivity index (χ2n) is 3.88. The van der Waals surface area contributed by atoms with Crippen LogP contribution in [0.1, 0.15) is 22.2 Å². The number of benzene rings is 1. The van der Waals surface area contributed by atoms with Gasteiger partial charge in [0.15, 0.2) is 0 Å². The normalized spacial score (nSPS) is 12.7. The van der Waals surface area contributed by atoms with Crippen molar-refractivity contribution in [3.8, 4) is 0 Å². The number of rotatable bonds is 4. The van der Waals surface area contributed by atoms with Crippen molar-refractivity contribution >= 4 is 34.7 Å². The standard InChI is InChI=1S/C11H12Cl2N4S/c1-6-11(18-17-16-6)10(15-14)5-7-4-8(12)2-3-9(7)13/h2-4,10,15H,5,14H2,1H3. The lowest BCUT2D eigenvalue weighted by Crippen LogP contribution is -2.29. The van der Waals surface area contributed by atoms with Crippen LogP contribution in [0.3, 0.4) is 0 Å². The molecule has 3 N–H and O–H groups in total. The van der Waals surface area contributed by atoms with E-state index >= 15 is 0 Å². The van der Waals surface area contributed by atoms with Gasteiger partial charge in [0.05, 0.1) is 16.6 Å². The predicted molar refractivity (Wildman–Crippen MR) is 74.9 cm³/mol. The minimum Gasteiger partial charge on any atom is -0.271 e. The minimum atomic E-state index is -0.0685. The van der Waals surface area contributed by atoms with E-state index < -0.39 is 0 Å². The zero-order valence-corrected chi connectivity index (χ0v) is 12.0. The van der Waals surface area contributed by atoms with E-state index in [9.17, 15) is 0 Å². The summed E-state index contributed by atoms with van der Waals surface area (Å²) in [5.74, 6) is 5.59. The van der Waals surface area contributed by atoms with Crippen LogP contribution in [-0.4, -0.2) is 9.59 Å². The maximum absolute atomic E-state index is 6.14. The largest absolute Gasteiger partial charge is 0.271 e. The Kier molecular flexibility index (Phi) is 4.53. The topological polar surface area (TPSA) is 63.8 Å². The lowest BCUT2D eigenvalue weighted by Gasteiger charge is -2.15. The average Bonchev–Trinajstić information content (AvgIpc) is 2.77. The van der Waals surface area contributed by atoms with Gasteiger partial charge < -0.3 is 0 Å². The lowest BCUT2D eigenvalue weighted by molar-refractivity contribution is 0.557. The molecule has 0 radical (unpaired) electrons. The van der Waals surface area contributed by atoms with Gasteiger partial charge in [-0.3, -0.25) is 11.3 Å². The summed E-state index contributed by atoms with van der Waals surface area (Å²) < 4.78 is 3.91. The number of halogens is 2. The molecule has 0 aliphatic heterocycles. The fourth-order valence-electron chi connectivity index (χ4n) is 1.70. The van der Waals surface area contributed by atoms with E-state index in [1.54, 1.807) is 12.1 Å². The number of hydrogen-bond donors (Lipinski definition) is 2. The molecule has 2 rings (SSSR count). The molecule has 96 valence electrons. The molecule has 1 heterocycles. The van der Waals surface area contributed by atoms with Crippen molar-refractivity contribution in [1.29, 1.82) is 0 Å². The molecule has 0 aliphatic carbocycles. The van der Waals surface area contributed by atoms with Crippen LogP contribution >= 0.6 is 34.7 Å². The van der Waals surface area contributed by atoms with E-state index in [0.717, 1.165) is 16.1 Å². The molecule has 2 aromatic rings. The highest BCUT2D eigenvalue weighted by Gasteiger charge is 2.17. The summed E-state index contributed by atoms with van der Waals surface area (Å²) in [5, 5.41) is 5.31. The van der Waals surface area contributed by atoms with Gasteiger partial charge >= 0.3 is 0 Å². The molecule has 4 nitrogen and oxygen atoms in total. The minimum absolute atomic E-state index is 0.0685. The molecule has 0 amide bonds. The van der Waals surface area contributed by atoms with Crippen LogP contribution in [0.2, 0.25) is 10.0 Å². The first-order valence-electron chi connectivity index (χ1n) is 5.30. The molecular formula is C11H12Cl2N4S. The Balaban J connectivity index is 2.26. The van der Waals surface area contributed by atoms with Gasteiger partial charge in [-0.15, -0.1) is 5.10 Å². The summed E-state index contributed by atoms with van der Waals surface area (Å²) in [6, 6.07) is 5.32. The second-order valence-corrected chi connectivity index (χ2v) is 5.51. The molecule has 0 fully saturated rings. The molecule has 1 atom stereocenters. The summed E-state index contributed by atoms with van der Waals surface area (Å²) in [6.45, 7) is 1.91. The SMILES string of the molecule is Cc1nnsc1C(Cc1cc(Cl)ccc1Cl)NN. The van der Waals surface area contributed by atoms with Crippen molar-refractivity contribution in [1.82, 2.24) is 15.0 Å². The van der Waals surface area contributed by atoms with Crippen LogP contribution in [-0.2, 0) is 6.42 Å². The summed E-state index contributed by atoms with van der Waals surface area (Å²) in [4.78, 5) is 1.01. The number of nitrogens with one attached hydrogen (secondary N) is 1.